The van der Waals surface area contributed by atoms with E-state index in [0.717, 1.165) is 44.7 Å². The number of hydrogen-bond acceptors (Lipinski definition) is 4. The van der Waals surface area contributed by atoms with E-state index in [0.29, 0.717) is 12.2 Å². The number of carbonyl (C=O) groups excluding carboxylic acids is 1. The van der Waals surface area contributed by atoms with Gasteiger partial charge in [-0.3, -0.25) is 4.79 Å². The molecule has 5 heteroatoms. The van der Waals surface area contributed by atoms with Crippen LogP contribution in [0.2, 0.25) is 0 Å². The van der Waals surface area contributed by atoms with Gasteiger partial charge in [0.1, 0.15) is 5.69 Å². The molecule has 1 aliphatic heterocycles. The molecule has 1 aliphatic rings. The molecule has 1 saturated heterocycles. The third-order valence-corrected chi connectivity index (χ3v) is 4.81. The van der Waals surface area contributed by atoms with Crippen molar-refractivity contribution in [3.8, 4) is 0 Å². The van der Waals surface area contributed by atoms with Gasteiger partial charge in [-0.15, -0.1) is 0 Å². The molecule has 1 aromatic heterocycles. The van der Waals surface area contributed by atoms with E-state index in [-0.39, 0.29) is 5.91 Å². The number of piperazine rings is 1. The number of nitrogens with one attached hydrogen (secondary N) is 1. The molecule has 0 saturated carbocycles. The summed E-state index contributed by atoms with van der Waals surface area (Å²) in [5.41, 5.74) is 4.16. The Morgan fingerprint density at radius 1 is 1.08 bits per heavy atom. The molecule has 5 nitrogen and oxygen atoms in total. The SMILES string of the molecule is CCCCNC(=O)c1ccc(N2CCN(c3cccc(C)c3)CC2)cn1. The largest absolute Gasteiger partial charge is 0.368 e. The highest BCUT2D eigenvalue weighted by atomic mass is 16.1. The zero-order chi connectivity index (χ0) is 18.4. The molecular formula is C21H28N4O. The molecule has 0 unspecified atom stereocenters. The van der Waals surface area contributed by atoms with Crippen molar-refractivity contribution in [1.82, 2.24) is 10.3 Å². The molecule has 0 radical (unpaired) electrons. The van der Waals surface area contributed by atoms with E-state index in [1.807, 2.05) is 18.3 Å². The fourth-order valence-electron chi connectivity index (χ4n) is 3.22. The van der Waals surface area contributed by atoms with Crippen LogP contribution in [0.3, 0.4) is 0 Å². The minimum atomic E-state index is -0.0886. The quantitative estimate of drug-likeness (QED) is 0.811. The maximum Gasteiger partial charge on any atom is 0.269 e. The summed E-state index contributed by atoms with van der Waals surface area (Å²) in [5.74, 6) is -0.0886. The van der Waals surface area contributed by atoms with E-state index in [9.17, 15) is 4.79 Å². The van der Waals surface area contributed by atoms with Crippen LogP contribution >= 0.6 is 0 Å². The first-order chi connectivity index (χ1) is 12.7. The van der Waals surface area contributed by atoms with Crippen molar-refractivity contribution >= 4 is 17.3 Å². The van der Waals surface area contributed by atoms with Crippen LogP contribution in [0.4, 0.5) is 11.4 Å². The van der Waals surface area contributed by atoms with Crippen LogP contribution in [0, 0.1) is 6.92 Å². The second-order valence-corrected chi connectivity index (χ2v) is 6.82. The van der Waals surface area contributed by atoms with Crippen LogP contribution < -0.4 is 15.1 Å². The fraction of sp³-hybridized carbons (Fsp3) is 0.429. The van der Waals surface area contributed by atoms with Crippen molar-refractivity contribution in [3.05, 3.63) is 53.9 Å². The van der Waals surface area contributed by atoms with Crippen LogP contribution in [0.25, 0.3) is 0 Å². The van der Waals surface area contributed by atoms with E-state index in [1.165, 1.54) is 11.3 Å². The Bertz CT molecular complexity index is 721. The Morgan fingerprint density at radius 3 is 2.42 bits per heavy atom. The maximum atomic E-state index is 12.0. The van der Waals surface area contributed by atoms with Crippen molar-refractivity contribution in [1.29, 1.82) is 0 Å². The van der Waals surface area contributed by atoms with E-state index in [4.69, 9.17) is 0 Å². The number of nitrogens with zero attached hydrogens (tertiary/aromatic N) is 3. The lowest BCUT2D eigenvalue weighted by Gasteiger charge is -2.37. The Labute approximate surface area is 156 Å². The molecule has 1 fully saturated rings. The number of benzene rings is 1. The molecule has 0 bridgehead atoms. The van der Waals surface area contributed by atoms with Gasteiger partial charge in [0.05, 0.1) is 11.9 Å². The van der Waals surface area contributed by atoms with Crippen LogP contribution in [0.15, 0.2) is 42.6 Å². The summed E-state index contributed by atoms with van der Waals surface area (Å²) >= 11 is 0. The van der Waals surface area contributed by atoms with Crippen LogP contribution in [-0.4, -0.2) is 43.6 Å². The number of hydrogen-bond donors (Lipinski definition) is 1. The van der Waals surface area contributed by atoms with Crippen molar-refractivity contribution in [2.75, 3.05) is 42.5 Å². The summed E-state index contributed by atoms with van der Waals surface area (Å²) in [6.45, 7) is 8.84. The van der Waals surface area contributed by atoms with Gasteiger partial charge < -0.3 is 15.1 Å². The summed E-state index contributed by atoms with van der Waals surface area (Å²) in [5, 5.41) is 2.91. The third-order valence-electron chi connectivity index (χ3n) is 4.81. The first-order valence-electron chi connectivity index (χ1n) is 9.48. The number of aryl methyl sites for hydroxylation is 1. The Balaban J connectivity index is 1.55. The molecule has 0 spiro atoms. The van der Waals surface area contributed by atoms with E-state index < -0.39 is 0 Å². The van der Waals surface area contributed by atoms with Crippen molar-refractivity contribution in [3.63, 3.8) is 0 Å². The number of rotatable bonds is 6. The zero-order valence-electron chi connectivity index (χ0n) is 15.7. The number of amides is 1. The normalized spacial score (nSPS) is 14.4. The number of pyridine rings is 1. The van der Waals surface area contributed by atoms with E-state index in [1.54, 1.807) is 0 Å². The van der Waals surface area contributed by atoms with Crippen LogP contribution in [-0.2, 0) is 0 Å². The minimum Gasteiger partial charge on any atom is -0.368 e. The van der Waals surface area contributed by atoms with Gasteiger partial charge in [-0.1, -0.05) is 25.5 Å². The predicted octanol–water partition coefficient (Wildman–Crippen LogP) is 3.25. The first kappa shape index (κ1) is 18.2. The lowest BCUT2D eigenvalue weighted by molar-refractivity contribution is 0.0948. The summed E-state index contributed by atoms with van der Waals surface area (Å²) < 4.78 is 0. The third kappa shape index (κ3) is 4.54. The highest BCUT2D eigenvalue weighted by Crippen LogP contribution is 2.21. The zero-order valence-corrected chi connectivity index (χ0v) is 15.7. The maximum absolute atomic E-state index is 12.0. The monoisotopic (exact) mass is 352 g/mol. The van der Waals surface area contributed by atoms with Crippen molar-refractivity contribution < 1.29 is 4.79 Å². The molecule has 1 amide bonds. The van der Waals surface area contributed by atoms with Gasteiger partial charge in [0.15, 0.2) is 0 Å². The average molecular weight is 352 g/mol. The highest BCUT2D eigenvalue weighted by Gasteiger charge is 2.18. The summed E-state index contributed by atoms with van der Waals surface area (Å²) in [7, 11) is 0. The number of anilines is 2. The molecule has 26 heavy (non-hydrogen) atoms. The summed E-state index contributed by atoms with van der Waals surface area (Å²) in [6, 6.07) is 12.5. The molecule has 1 aromatic carbocycles. The van der Waals surface area contributed by atoms with Gasteiger partial charge in [-0.25, -0.2) is 4.98 Å². The molecule has 0 atom stereocenters. The molecular weight excluding hydrogens is 324 g/mol. The van der Waals surface area contributed by atoms with Crippen molar-refractivity contribution in [2.45, 2.75) is 26.7 Å². The minimum absolute atomic E-state index is 0.0886. The lowest BCUT2D eigenvalue weighted by Crippen LogP contribution is -2.46. The summed E-state index contributed by atoms with van der Waals surface area (Å²) in [6.07, 6.45) is 3.88. The van der Waals surface area contributed by atoms with E-state index >= 15 is 0 Å². The van der Waals surface area contributed by atoms with Gasteiger partial charge in [0.2, 0.25) is 0 Å². The molecule has 2 aromatic rings. The Morgan fingerprint density at radius 2 is 1.81 bits per heavy atom. The summed E-state index contributed by atoms with van der Waals surface area (Å²) in [4.78, 5) is 21.1. The molecule has 1 N–H and O–H groups in total. The fourth-order valence-corrected chi connectivity index (χ4v) is 3.22. The number of carbonyl (C=O) groups is 1. The van der Waals surface area contributed by atoms with Gasteiger partial charge in [0, 0.05) is 38.4 Å². The topological polar surface area (TPSA) is 48.5 Å². The van der Waals surface area contributed by atoms with Crippen LogP contribution in [0.5, 0.6) is 0 Å². The van der Waals surface area contributed by atoms with E-state index in [2.05, 4.69) is 58.2 Å². The van der Waals surface area contributed by atoms with Gasteiger partial charge in [-0.05, 0) is 43.2 Å². The average Bonchev–Trinajstić information content (AvgIpc) is 2.68. The van der Waals surface area contributed by atoms with Crippen LogP contribution in [0.1, 0.15) is 35.8 Å². The Hall–Kier alpha value is -2.56. The molecule has 138 valence electrons. The number of unbranched alkanes of at least 4 members (excludes halogenated alkanes) is 1. The van der Waals surface area contributed by atoms with Gasteiger partial charge in [-0.2, -0.15) is 0 Å². The Kier molecular flexibility index (Phi) is 6.10. The standard InChI is InChI=1S/C21H28N4O/c1-3-4-10-22-21(26)20-9-8-19(16-23-20)25-13-11-24(12-14-25)18-7-5-6-17(2)15-18/h5-9,15-16H,3-4,10-14H2,1-2H3,(H,22,26). The number of aromatic nitrogens is 1. The smallest absolute Gasteiger partial charge is 0.269 e. The second kappa shape index (κ2) is 8.70. The van der Waals surface area contributed by atoms with Gasteiger partial charge in [0.25, 0.3) is 5.91 Å². The highest BCUT2D eigenvalue weighted by molar-refractivity contribution is 5.92. The van der Waals surface area contributed by atoms with Crippen molar-refractivity contribution in [2.24, 2.45) is 0 Å². The first-order valence-corrected chi connectivity index (χ1v) is 9.48. The lowest BCUT2D eigenvalue weighted by atomic mass is 10.2. The van der Waals surface area contributed by atoms with Gasteiger partial charge >= 0.3 is 0 Å². The molecule has 0 aliphatic carbocycles. The molecule has 2 heterocycles. The predicted molar refractivity (Wildman–Crippen MR) is 107 cm³/mol. The molecule has 3 rings (SSSR count). The second-order valence-electron chi connectivity index (χ2n) is 6.82.